The Morgan fingerprint density at radius 3 is 1.32 bits per heavy atom. The number of esters is 1. The number of hydrazone groups is 2. The Hall–Kier alpha value is -6.36. The Bertz CT molecular complexity index is 2770. The minimum atomic E-state index is -1.06. The van der Waals surface area contributed by atoms with Gasteiger partial charge in [-0.1, -0.05) is 108 Å². The topological polar surface area (TPSA) is 94.8 Å². The summed E-state index contributed by atoms with van der Waals surface area (Å²) in [5.41, 5.74) is 10.0. The third-order valence-electron chi connectivity index (χ3n) is 11.7. The number of hydrogen-bond acceptors (Lipinski definition) is 7. The van der Waals surface area contributed by atoms with Gasteiger partial charge in [0.05, 0.1) is 42.0 Å². The van der Waals surface area contributed by atoms with Crippen molar-refractivity contribution in [1.29, 1.82) is 0 Å². The highest BCUT2D eigenvalue weighted by molar-refractivity contribution is 6.31. The number of nitrogens with zero attached hydrogens (tertiary/aromatic N) is 4. The fourth-order valence-corrected chi connectivity index (χ4v) is 9.03. The zero-order chi connectivity index (χ0) is 45.3. The molecule has 2 aliphatic heterocycles. The fraction of sp³-hybridized carbons (Fsp3) is 0.216. The minimum Gasteiger partial charge on any atom is -0.481 e. The number of anilines is 2. The lowest BCUT2D eigenvalue weighted by atomic mass is 9.83. The van der Waals surface area contributed by atoms with Crippen LogP contribution in [0.15, 0.2) is 132 Å². The molecule has 2 heterocycles. The summed E-state index contributed by atoms with van der Waals surface area (Å²) in [7, 11) is 1.34. The number of aryl methyl sites for hydroxylation is 6. The Kier molecular flexibility index (Phi) is 13.2. The summed E-state index contributed by atoms with van der Waals surface area (Å²) in [6.45, 7) is 11.8. The zero-order valence-electron chi connectivity index (χ0n) is 35.8. The van der Waals surface area contributed by atoms with E-state index in [0.717, 1.165) is 50.2 Å². The molecule has 4 unspecified atom stereocenters. The maximum Gasteiger partial charge on any atom is 0.317 e. The van der Waals surface area contributed by atoms with Gasteiger partial charge in [0.2, 0.25) is 0 Å². The summed E-state index contributed by atoms with van der Waals surface area (Å²) in [4.78, 5) is 25.7. The van der Waals surface area contributed by atoms with Gasteiger partial charge in [0.25, 0.3) is 0 Å². The number of carboxylic acids is 1. The first kappa shape index (κ1) is 44.7. The number of hydrogen-bond donors (Lipinski definition) is 1. The van der Waals surface area contributed by atoms with Crippen LogP contribution >= 0.6 is 23.2 Å². The number of carbonyl (C=O) groups excluding carboxylic acids is 1. The number of carboxylic acid groups (broad SMARTS) is 1. The highest BCUT2D eigenvalue weighted by atomic mass is 35.5. The number of benzene rings is 6. The average Bonchev–Trinajstić information content (AvgIpc) is 3.83. The Labute approximate surface area is 376 Å². The van der Waals surface area contributed by atoms with Crippen LogP contribution in [0.3, 0.4) is 0 Å². The van der Waals surface area contributed by atoms with Crippen molar-refractivity contribution in [3.63, 3.8) is 0 Å². The van der Waals surface area contributed by atoms with Crippen LogP contribution in [0.5, 0.6) is 0 Å². The molecule has 322 valence electrons. The number of ether oxygens (including phenoxy) is 1. The van der Waals surface area contributed by atoms with Gasteiger partial charge in [-0.25, -0.2) is 8.78 Å². The first-order chi connectivity index (χ1) is 30.1. The van der Waals surface area contributed by atoms with Crippen molar-refractivity contribution in [2.24, 2.45) is 22.0 Å². The van der Waals surface area contributed by atoms with E-state index in [1.54, 1.807) is 58.5 Å². The summed E-state index contributed by atoms with van der Waals surface area (Å²) in [6, 6.07) is 34.1. The molecule has 0 fully saturated rings. The second-order valence-corrected chi connectivity index (χ2v) is 16.7. The SMILES string of the molecule is COC(=O)C1C(c2ccccc2F)=NN(c2cc(Cl)ccc2C)C1c1c(C)cccc1C.Cc1ccc(Cl)cc1N1N=C(c2ccccc2F)C(C(=O)O)C1c1c(C)cccc1C. The highest BCUT2D eigenvalue weighted by Gasteiger charge is 2.48. The van der Waals surface area contributed by atoms with E-state index in [-0.39, 0.29) is 16.8 Å². The van der Waals surface area contributed by atoms with Crippen molar-refractivity contribution in [1.82, 2.24) is 0 Å². The molecular weight excluding hydrogens is 841 g/mol. The van der Waals surface area contributed by atoms with Crippen LogP contribution in [-0.2, 0) is 14.3 Å². The molecule has 2 aliphatic rings. The van der Waals surface area contributed by atoms with Crippen molar-refractivity contribution >= 4 is 57.9 Å². The van der Waals surface area contributed by atoms with Gasteiger partial charge in [0.1, 0.15) is 23.5 Å². The van der Waals surface area contributed by atoms with Crippen LogP contribution in [-0.4, -0.2) is 35.6 Å². The molecule has 8 nitrogen and oxygen atoms in total. The quantitative estimate of drug-likeness (QED) is 0.153. The third kappa shape index (κ3) is 8.70. The van der Waals surface area contributed by atoms with Crippen molar-refractivity contribution < 1.29 is 28.2 Å². The molecule has 6 aromatic carbocycles. The van der Waals surface area contributed by atoms with E-state index in [1.165, 1.54) is 19.2 Å². The summed E-state index contributed by atoms with van der Waals surface area (Å²) in [5.74, 6) is -4.36. The van der Waals surface area contributed by atoms with E-state index in [4.69, 9.17) is 38.1 Å². The molecule has 0 aromatic heterocycles. The molecule has 0 bridgehead atoms. The van der Waals surface area contributed by atoms with E-state index in [0.29, 0.717) is 21.4 Å². The number of rotatable bonds is 8. The second-order valence-electron chi connectivity index (χ2n) is 15.8. The Morgan fingerprint density at radius 1 is 0.556 bits per heavy atom. The van der Waals surface area contributed by atoms with Gasteiger partial charge in [0.15, 0.2) is 0 Å². The van der Waals surface area contributed by atoms with Gasteiger partial charge < -0.3 is 9.84 Å². The standard InChI is InChI=1S/C26H24ClFN2O2.C25H22ClFN2O2/c1-15-12-13-18(27)14-21(15)30-25(22-16(2)8-7-9-17(22)3)23(26(31)32-4)24(29-30)19-10-5-6-11-20(19)28;1-14-11-12-17(26)13-20(14)29-24(21-15(2)7-6-8-16(21)3)22(25(30)31)23(28-29)18-9-4-5-10-19(18)27/h5-14,23,25H,1-4H3;4-13,22,24H,1-3H3,(H,30,31). The van der Waals surface area contributed by atoms with E-state index >= 15 is 0 Å². The lowest BCUT2D eigenvalue weighted by molar-refractivity contribution is -0.143. The van der Waals surface area contributed by atoms with Crippen LogP contribution in [0.25, 0.3) is 0 Å². The molecule has 0 radical (unpaired) electrons. The van der Waals surface area contributed by atoms with Crippen molar-refractivity contribution in [2.45, 2.75) is 53.6 Å². The first-order valence-electron chi connectivity index (χ1n) is 20.3. The van der Waals surface area contributed by atoms with Crippen LogP contribution in [0.2, 0.25) is 10.0 Å². The van der Waals surface area contributed by atoms with Crippen LogP contribution < -0.4 is 10.0 Å². The van der Waals surface area contributed by atoms with Crippen LogP contribution in [0, 0.1) is 65.0 Å². The van der Waals surface area contributed by atoms with Crippen molar-refractivity contribution in [3.8, 4) is 0 Å². The van der Waals surface area contributed by atoms with Gasteiger partial charge in [-0.3, -0.25) is 19.6 Å². The van der Waals surface area contributed by atoms with E-state index in [1.807, 2.05) is 102 Å². The molecule has 0 aliphatic carbocycles. The van der Waals surface area contributed by atoms with E-state index in [2.05, 4.69) is 0 Å². The molecule has 63 heavy (non-hydrogen) atoms. The van der Waals surface area contributed by atoms with Gasteiger partial charge in [-0.2, -0.15) is 10.2 Å². The highest BCUT2D eigenvalue weighted by Crippen LogP contribution is 2.47. The van der Waals surface area contributed by atoms with Gasteiger partial charge in [0, 0.05) is 21.2 Å². The normalized spacial score (nSPS) is 18.1. The van der Waals surface area contributed by atoms with Crippen molar-refractivity contribution in [3.05, 3.63) is 199 Å². The molecule has 4 atom stereocenters. The molecule has 0 spiro atoms. The summed E-state index contributed by atoms with van der Waals surface area (Å²) in [6.07, 6.45) is 0. The summed E-state index contributed by atoms with van der Waals surface area (Å²) in [5, 5.41) is 24.4. The smallest absolute Gasteiger partial charge is 0.317 e. The van der Waals surface area contributed by atoms with Gasteiger partial charge >= 0.3 is 11.9 Å². The monoisotopic (exact) mass is 886 g/mol. The average molecular weight is 888 g/mol. The zero-order valence-corrected chi connectivity index (χ0v) is 37.3. The number of carbonyl (C=O) groups is 2. The summed E-state index contributed by atoms with van der Waals surface area (Å²) < 4.78 is 34.8. The third-order valence-corrected chi connectivity index (χ3v) is 12.2. The molecular formula is C51H46Cl2F2N4O4. The van der Waals surface area contributed by atoms with Crippen LogP contribution in [0.1, 0.15) is 67.7 Å². The van der Waals surface area contributed by atoms with Crippen molar-refractivity contribution in [2.75, 3.05) is 17.1 Å². The van der Waals surface area contributed by atoms with Gasteiger partial charge in [-0.15, -0.1) is 0 Å². The number of methoxy groups -OCH3 is 1. The molecule has 12 heteroatoms. The molecule has 0 amide bonds. The number of halogens is 4. The molecule has 0 saturated heterocycles. The molecule has 0 saturated carbocycles. The van der Waals surface area contributed by atoms with E-state index in [9.17, 15) is 23.5 Å². The Balaban J connectivity index is 0.000000189. The maximum absolute atomic E-state index is 14.9. The predicted molar refractivity (Wildman–Crippen MR) is 247 cm³/mol. The minimum absolute atomic E-state index is 0.188. The lowest BCUT2D eigenvalue weighted by Crippen LogP contribution is -2.34. The lowest BCUT2D eigenvalue weighted by Gasteiger charge is -2.30. The van der Waals surface area contributed by atoms with E-state index < -0.39 is 47.5 Å². The van der Waals surface area contributed by atoms with Crippen LogP contribution in [0.4, 0.5) is 20.2 Å². The largest absolute Gasteiger partial charge is 0.481 e. The Morgan fingerprint density at radius 2 is 0.937 bits per heavy atom. The van der Waals surface area contributed by atoms with Gasteiger partial charge in [-0.05, 0) is 122 Å². The fourth-order valence-electron chi connectivity index (χ4n) is 8.69. The maximum atomic E-state index is 14.9. The predicted octanol–water partition coefficient (Wildman–Crippen LogP) is 12.2. The molecule has 8 rings (SSSR count). The number of aliphatic carboxylic acids is 1. The molecule has 1 N–H and O–H groups in total. The second kappa shape index (κ2) is 18.5. The molecule has 6 aromatic rings. The first-order valence-corrected chi connectivity index (χ1v) is 21.1. The summed E-state index contributed by atoms with van der Waals surface area (Å²) >= 11 is 12.6.